The molecule has 1 aliphatic heterocycles. The zero-order chi connectivity index (χ0) is 13.2. The fourth-order valence-corrected chi connectivity index (χ4v) is 1.95. The third-order valence-corrected chi connectivity index (χ3v) is 2.47. The molecule has 0 aromatic heterocycles. The van der Waals surface area contributed by atoms with Gasteiger partial charge in [0.05, 0.1) is 5.41 Å². The number of nitrogens with zero attached hydrogens (tertiary/aromatic N) is 1. The summed E-state index contributed by atoms with van der Waals surface area (Å²) in [6.07, 6.45) is 0.336. The van der Waals surface area contributed by atoms with Gasteiger partial charge in [-0.05, 0) is 26.7 Å². The van der Waals surface area contributed by atoms with E-state index in [-0.39, 0.29) is 42.4 Å². The summed E-state index contributed by atoms with van der Waals surface area (Å²) in [6, 6.07) is -0.904. The monoisotopic (exact) mass is 258 g/mol. The van der Waals surface area contributed by atoms with Crippen LogP contribution in [-0.2, 0) is 9.59 Å². The molecule has 0 atom stereocenters. The Kier molecular flexibility index (Phi) is 5.99. The first kappa shape index (κ1) is 17.1. The number of amides is 4. The van der Waals surface area contributed by atoms with E-state index in [9.17, 15) is 14.4 Å². The van der Waals surface area contributed by atoms with E-state index in [1.165, 1.54) is 0 Å². The smallest absolute Gasteiger partial charge is 0.394 e. The van der Waals surface area contributed by atoms with Gasteiger partial charge in [-0.3, -0.25) is 14.4 Å². The molecule has 92 valence electrons. The maximum atomic E-state index is 11.9. The molecule has 5 nitrogen and oxygen atoms in total. The first-order valence-corrected chi connectivity index (χ1v) is 5.18. The van der Waals surface area contributed by atoms with Crippen LogP contribution in [0, 0.1) is 5.41 Å². The molecule has 1 saturated heterocycles. The van der Waals surface area contributed by atoms with Crippen LogP contribution in [0.3, 0.4) is 0 Å². The molecule has 0 saturated carbocycles. The number of imide groups is 2. The van der Waals surface area contributed by atoms with Crippen molar-refractivity contribution in [3.8, 4) is 0 Å². The van der Waals surface area contributed by atoms with Crippen molar-refractivity contribution in [1.29, 1.82) is 0 Å². The maximum Gasteiger partial charge on any atom is 1.00 e. The minimum Gasteiger partial charge on any atom is -0.394 e. The van der Waals surface area contributed by atoms with Crippen LogP contribution in [0.25, 0.3) is 5.32 Å². The average molecular weight is 258 g/mol. The standard InChI is InChI=1S/C12H16N2O3.Na/c1-7(2)5-12(6-8(3)4)9(15)13-11(17)14-10(12)16;/h1,3,5-6H2,2,4H3,(H2,13,14,15,16,17);/q;+1/p-1. The van der Waals surface area contributed by atoms with Gasteiger partial charge in [0.15, 0.2) is 17.8 Å². The van der Waals surface area contributed by atoms with Gasteiger partial charge in [0, 0.05) is 0 Å². The third-order valence-electron chi connectivity index (χ3n) is 2.47. The molecule has 1 rings (SSSR count). The molecule has 4 amide bonds. The quantitative estimate of drug-likeness (QED) is 0.401. The Morgan fingerprint density at radius 2 is 1.61 bits per heavy atom. The van der Waals surface area contributed by atoms with Gasteiger partial charge in [-0.25, -0.2) is 0 Å². The number of rotatable bonds is 4. The van der Waals surface area contributed by atoms with Gasteiger partial charge in [0.25, 0.3) is 0 Å². The molecule has 1 heterocycles. The second-order valence-electron chi connectivity index (χ2n) is 4.53. The summed E-state index contributed by atoms with van der Waals surface area (Å²) in [7, 11) is 0. The molecule has 0 aromatic carbocycles. The molecule has 0 spiro atoms. The molecule has 18 heavy (non-hydrogen) atoms. The Hall–Kier alpha value is -0.910. The van der Waals surface area contributed by atoms with Crippen LogP contribution in [0.15, 0.2) is 24.3 Å². The summed E-state index contributed by atoms with van der Waals surface area (Å²) >= 11 is 0. The van der Waals surface area contributed by atoms with Crippen LogP contribution < -0.4 is 34.9 Å². The van der Waals surface area contributed by atoms with Gasteiger partial charge in [-0.1, -0.05) is 11.1 Å². The number of hydrogen-bond acceptors (Lipinski definition) is 3. The fourth-order valence-electron chi connectivity index (χ4n) is 1.95. The Balaban J connectivity index is 0.00000289. The summed E-state index contributed by atoms with van der Waals surface area (Å²) in [5.41, 5.74) is 0.00423. The third kappa shape index (κ3) is 3.54. The second kappa shape index (κ2) is 6.31. The molecule has 1 aliphatic rings. The normalized spacial score (nSPS) is 17.3. The van der Waals surface area contributed by atoms with E-state index in [1.807, 2.05) is 0 Å². The minimum absolute atomic E-state index is 0. The van der Waals surface area contributed by atoms with Gasteiger partial charge in [-0.2, -0.15) is 0 Å². The van der Waals surface area contributed by atoms with Crippen molar-refractivity contribution in [2.75, 3.05) is 0 Å². The van der Waals surface area contributed by atoms with Crippen molar-refractivity contribution in [2.24, 2.45) is 5.41 Å². The number of carbonyl (C=O) groups is 3. The van der Waals surface area contributed by atoms with Gasteiger partial charge in [0.2, 0.25) is 0 Å². The first-order chi connectivity index (χ1) is 7.78. The molecule has 6 heteroatoms. The number of carbonyl (C=O) groups excluding carboxylic acids is 3. The summed E-state index contributed by atoms with van der Waals surface area (Å²) in [5, 5.41) is 5.36. The van der Waals surface area contributed by atoms with Gasteiger partial charge in [-0.15, -0.1) is 13.2 Å². The zero-order valence-electron chi connectivity index (χ0n) is 11.0. The van der Waals surface area contributed by atoms with Crippen LogP contribution in [-0.4, -0.2) is 17.8 Å². The Bertz CT molecular complexity index is 391. The van der Waals surface area contributed by atoms with E-state index < -0.39 is 23.3 Å². The largest absolute Gasteiger partial charge is 1.00 e. The van der Waals surface area contributed by atoms with Crippen molar-refractivity contribution in [2.45, 2.75) is 26.7 Å². The minimum atomic E-state index is -1.36. The van der Waals surface area contributed by atoms with Crippen molar-refractivity contribution in [3.63, 3.8) is 0 Å². The molecule has 0 unspecified atom stereocenters. The molecular weight excluding hydrogens is 243 g/mol. The molecule has 1 N–H and O–H groups in total. The second-order valence-corrected chi connectivity index (χ2v) is 4.53. The van der Waals surface area contributed by atoms with Gasteiger partial charge in [0.1, 0.15) is 0 Å². The van der Waals surface area contributed by atoms with Crippen LogP contribution >= 0.6 is 0 Å². The molecule has 0 aliphatic carbocycles. The van der Waals surface area contributed by atoms with Crippen LogP contribution in [0.2, 0.25) is 0 Å². The number of hydrogen-bond donors (Lipinski definition) is 1. The Labute approximate surface area is 128 Å². The summed E-state index contributed by atoms with van der Waals surface area (Å²) in [5.74, 6) is -1.33. The van der Waals surface area contributed by atoms with E-state index in [0.717, 1.165) is 0 Å². The van der Waals surface area contributed by atoms with Crippen LogP contribution in [0.1, 0.15) is 26.7 Å². The van der Waals surface area contributed by atoms with Gasteiger partial charge < -0.3 is 10.6 Å². The summed E-state index contributed by atoms with van der Waals surface area (Å²) < 4.78 is 0. The summed E-state index contributed by atoms with van der Waals surface area (Å²) in [6.45, 7) is 10.8. The van der Waals surface area contributed by atoms with Gasteiger partial charge >= 0.3 is 29.6 Å². The zero-order valence-corrected chi connectivity index (χ0v) is 13.0. The molecule has 0 bridgehead atoms. The van der Waals surface area contributed by atoms with E-state index in [0.29, 0.717) is 11.1 Å². The van der Waals surface area contributed by atoms with Crippen molar-refractivity contribution in [3.05, 3.63) is 29.6 Å². The van der Waals surface area contributed by atoms with Crippen LogP contribution in [0.4, 0.5) is 4.79 Å². The molecule has 0 radical (unpaired) electrons. The van der Waals surface area contributed by atoms with E-state index in [1.54, 1.807) is 13.8 Å². The van der Waals surface area contributed by atoms with Crippen molar-refractivity contribution < 1.29 is 43.9 Å². The Morgan fingerprint density at radius 1 is 1.17 bits per heavy atom. The summed E-state index contributed by atoms with van der Waals surface area (Å²) in [4.78, 5) is 34.8. The van der Waals surface area contributed by atoms with Crippen molar-refractivity contribution in [1.82, 2.24) is 5.32 Å². The van der Waals surface area contributed by atoms with E-state index >= 15 is 0 Å². The number of urea groups is 1. The molecular formula is C12H15N2NaO3. The Morgan fingerprint density at radius 3 is 1.94 bits per heavy atom. The predicted octanol–water partition coefficient (Wildman–Crippen LogP) is -0.941. The fraction of sp³-hybridized carbons (Fsp3) is 0.417. The van der Waals surface area contributed by atoms with Crippen LogP contribution in [0.5, 0.6) is 0 Å². The first-order valence-electron chi connectivity index (χ1n) is 5.18. The average Bonchev–Trinajstić information content (AvgIpc) is 2.12. The number of allylic oxidation sites excluding steroid dienone is 2. The van der Waals surface area contributed by atoms with E-state index in [2.05, 4.69) is 23.8 Å². The molecule has 0 aromatic rings. The number of nitrogens with one attached hydrogen (secondary N) is 1. The topological polar surface area (TPSA) is 77.3 Å². The predicted molar refractivity (Wildman–Crippen MR) is 63.2 cm³/mol. The SMILES string of the molecule is C=C(C)CC1(CC(=C)C)C(=O)[N-]C(=O)NC1=O.[Na+]. The number of barbiturate groups is 1. The maximum absolute atomic E-state index is 11.9. The molecule has 1 fully saturated rings. The van der Waals surface area contributed by atoms with E-state index in [4.69, 9.17) is 0 Å². The van der Waals surface area contributed by atoms with Crippen molar-refractivity contribution >= 4 is 17.8 Å².